The molecule has 2 N–H and O–H groups in total. The maximum atomic E-state index is 12.6. The number of hydrogen-bond donors (Lipinski definition) is 2. The lowest BCUT2D eigenvalue weighted by molar-refractivity contribution is -0.123. The number of fused-ring (bicyclic) bond motifs is 3. The summed E-state index contributed by atoms with van der Waals surface area (Å²) in [6.45, 7) is 1.44. The summed E-state index contributed by atoms with van der Waals surface area (Å²) in [5.74, 6) is -1.11. The van der Waals surface area contributed by atoms with Crippen LogP contribution in [-0.4, -0.2) is 30.2 Å². The number of para-hydroxylation sites is 2. The molecule has 0 bridgehead atoms. The fourth-order valence-corrected chi connectivity index (χ4v) is 3.18. The summed E-state index contributed by atoms with van der Waals surface area (Å²) < 4.78 is 16.5. The lowest BCUT2D eigenvalue weighted by Gasteiger charge is -2.15. The van der Waals surface area contributed by atoms with E-state index in [9.17, 15) is 14.7 Å². The first-order valence-corrected chi connectivity index (χ1v) is 9.27. The van der Waals surface area contributed by atoms with Crippen LogP contribution in [0.25, 0.3) is 21.9 Å². The number of phenolic OH excluding ortho intramolecular Hbond substituents is 1. The van der Waals surface area contributed by atoms with E-state index in [0.29, 0.717) is 17.0 Å². The molecule has 0 radical (unpaired) electrons. The first-order valence-electron chi connectivity index (χ1n) is 9.27. The van der Waals surface area contributed by atoms with E-state index in [1.807, 2.05) is 24.3 Å². The SMILES string of the molecule is COc1cc2c(cc1NC(=O)[C@@H](C)OC(=O)c1ccccc1O)oc1ccccc12. The average Bonchev–Trinajstić information content (AvgIpc) is 3.10. The monoisotopic (exact) mass is 405 g/mol. The highest BCUT2D eigenvalue weighted by Gasteiger charge is 2.22. The number of ether oxygens (including phenoxy) is 2. The summed E-state index contributed by atoms with van der Waals surface area (Å²) in [5, 5.41) is 14.3. The summed E-state index contributed by atoms with van der Waals surface area (Å²) in [6, 6.07) is 17.0. The maximum absolute atomic E-state index is 12.6. The standard InChI is InChI=1S/C23H19NO6/c1-13(29-23(27)15-8-3-5-9-18(15)25)22(26)24-17-12-20-16(11-21(17)28-2)14-7-4-6-10-19(14)30-20/h3-13,25H,1-2H3,(H,24,26)/t13-/m1/s1. The second kappa shape index (κ2) is 7.79. The third-order valence-corrected chi connectivity index (χ3v) is 4.73. The fraction of sp³-hybridized carbons (Fsp3) is 0.130. The number of phenols is 1. The number of nitrogens with one attached hydrogen (secondary N) is 1. The van der Waals surface area contributed by atoms with E-state index in [0.717, 1.165) is 16.4 Å². The van der Waals surface area contributed by atoms with Crippen molar-refractivity contribution in [3.63, 3.8) is 0 Å². The molecule has 3 aromatic carbocycles. The molecule has 1 atom stereocenters. The zero-order valence-corrected chi connectivity index (χ0v) is 16.3. The highest BCUT2D eigenvalue weighted by atomic mass is 16.5. The van der Waals surface area contributed by atoms with Crippen LogP contribution in [0.15, 0.2) is 65.1 Å². The largest absolute Gasteiger partial charge is 0.507 e. The Labute approximate surface area is 171 Å². The van der Waals surface area contributed by atoms with Gasteiger partial charge in [-0.25, -0.2) is 4.79 Å². The zero-order chi connectivity index (χ0) is 21.3. The van der Waals surface area contributed by atoms with E-state index in [1.54, 1.807) is 24.3 Å². The molecule has 0 spiro atoms. The number of aromatic hydroxyl groups is 1. The number of rotatable bonds is 5. The predicted octanol–water partition coefficient (Wildman–Crippen LogP) is 4.48. The van der Waals surface area contributed by atoms with Crippen molar-refractivity contribution in [3.8, 4) is 11.5 Å². The highest BCUT2D eigenvalue weighted by Crippen LogP contribution is 2.36. The molecule has 0 unspecified atom stereocenters. The van der Waals surface area contributed by atoms with Gasteiger partial charge >= 0.3 is 5.97 Å². The number of anilines is 1. The van der Waals surface area contributed by atoms with Crippen LogP contribution in [0.2, 0.25) is 0 Å². The Morgan fingerprint density at radius 3 is 2.50 bits per heavy atom. The minimum absolute atomic E-state index is 0.0153. The van der Waals surface area contributed by atoms with Crippen LogP contribution in [0.3, 0.4) is 0 Å². The quantitative estimate of drug-likeness (QED) is 0.475. The van der Waals surface area contributed by atoms with Gasteiger partial charge in [-0.2, -0.15) is 0 Å². The topological polar surface area (TPSA) is 98.0 Å². The van der Waals surface area contributed by atoms with Crippen molar-refractivity contribution in [2.24, 2.45) is 0 Å². The second-order valence-electron chi connectivity index (χ2n) is 6.70. The molecule has 4 aromatic rings. The lowest BCUT2D eigenvalue weighted by atomic mass is 10.1. The van der Waals surface area contributed by atoms with Gasteiger partial charge in [0.1, 0.15) is 28.2 Å². The number of amides is 1. The van der Waals surface area contributed by atoms with Gasteiger partial charge in [0.2, 0.25) is 0 Å². The number of hydrogen-bond acceptors (Lipinski definition) is 6. The fourth-order valence-electron chi connectivity index (χ4n) is 3.18. The van der Waals surface area contributed by atoms with Crippen molar-refractivity contribution < 1.29 is 28.6 Å². The van der Waals surface area contributed by atoms with Crippen LogP contribution in [0.4, 0.5) is 5.69 Å². The van der Waals surface area contributed by atoms with Crippen LogP contribution >= 0.6 is 0 Å². The van der Waals surface area contributed by atoms with Gasteiger partial charge in [-0.3, -0.25) is 4.79 Å². The first kappa shape index (κ1) is 19.3. The smallest absolute Gasteiger partial charge is 0.342 e. The van der Waals surface area contributed by atoms with Crippen molar-refractivity contribution in [3.05, 3.63) is 66.2 Å². The molecular formula is C23H19NO6. The second-order valence-corrected chi connectivity index (χ2v) is 6.70. The van der Waals surface area contributed by atoms with Crippen molar-refractivity contribution in [1.82, 2.24) is 0 Å². The minimum atomic E-state index is -1.10. The molecule has 0 saturated heterocycles. The molecule has 7 nitrogen and oxygen atoms in total. The summed E-state index contributed by atoms with van der Waals surface area (Å²) in [6.07, 6.45) is -1.10. The highest BCUT2D eigenvalue weighted by molar-refractivity contribution is 6.08. The number of benzene rings is 3. The van der Waals surface area contributed by atoms with Gasteiger partial charge in [0.05, 0.1) is 12.8 Å². The van der Waals surface area contributed by atoms with Crippen molar-refractivity contribution in [2.45, 2.75) is 13.0 Å². The molecule has 0 fully saturated rings. The van der Waals surface area contributed by atoms with E-state index in [1.165, 1.54) is 26.2 Å². The van der Waals surface area contributed by atoms with Crippen LogP contribution < -0.4 is 10.1 Å². The molecule has 30 heavy (non-hydrogen) atoms. The number of esters is 1. The Morgan fingerprint density at radius 2 is 1.73 bits per heavy atom. The van der Waals surface area contributed by atoms with Gasteiger partial charge in [-0.1, -0.05) is 30.3 Å². The molecule has 0 aliphatic carbocycles. The Hall–Kier alpha value is -4.00. The van der Waals surface area contributed by atoms with E-state index in [-0.39, 0.29) is 11.3 Å². The normalized spacial score (nSPS) is 11.9. The summed E-state index contributed by atoms with van der Waals surface area (Å²) in [4.78, 5) is 24.8. The Balaban J connectivity index is 1.56. The lowest BCUT2D eigenvalue weighted by Crippen LogP contribution is -2.30. The molecule has 1 aromatic heterocycles. The van der Waals surface area contributed by atoms with Gasteiger partial charge in [-0.15, -0.1) is 0 Å². The summed E-state index contributed by atoms with van der Waals surface area (Å²) in [5.41, 5.74) is 1.69. The van der Waals surface area contributed by atoms with Crippen LogP contribution in [0.5, 0.6) is 11.5 Å². The van der Waals surface area contributed by atoms with Crippen molar-refractivity contribution >= 4 is 39.5 Å². The third-order valence-electron chi connectivity index (χ3n) is 4.73. The summed E-state index contributed by atoms with van der Waals surface area (Å²) >= 11 is 0. The van der Waals surface area contributed by atoms with Gasteiger partial charge in [0.25, 0.3) is 5.91 Å². The molecule has 0 aliphatic heterocycles. The molecule has 1 heterocycles. The van der Waals surface area contributed by atoms with Crippen LogP contribution in [-0.2, 0) is 9.53 Å². The molecule has 0 aliphatic rings. The number of furan rings is 1. The van der Waals surface area contributed by atoms with Crippen molar-refractivity contribution in [1.29, 1.82) is 0 Å². The Morgan fingerprint density at radius 1 is 1.00 bits per heavy atom. The van der Waals surface area contributed by atoms with Crippen molar-refractivity contribution in [2.75, 3.05) is 12.4 Å². The molecule has 152 valence electrons. The van der Waals surface area contributed by atoms with Gasteiger partial charge in [0.15, 0.2) is 6.10 Å². The van der Waals surface area contributed by atoms with Gasteiger partial charge in [0, 0.05) is 16.8 Å². The van der Waals surface area contributed by atoms with E-state index < -0.39 is 18.0 Å². The van der Waals surface area contributed by atoms with E-state index in [4.69, 9.17) is 13.9 Å². The Kier molecular flexibility index (Phi) is 5.02. The zero-order valence-electron chi connectivity index (χ0n) is 16.3. The Bertz CT molecular complexity index is 1260. The molecular weight excluding hydrogens is 386 g/mol. The number of carbonyl (C=O) groups excluding carboxylic acids is 2. The summed E-state index contributed by atoms with van der Waals surface area (Å²) in [7, 11) is 1.50. The molecule has 0 saturated carbocycles. The van der Waals surface area contributed by atoms with Gasteiger partial charge in [-0.05, 0) is 31.2 Å². The minimum Gasteiger partial charge on any atom is -0.507 e. The van der Waals surface area contributed by atoms with Gasteiger partial charge < -0.3 is 24.3 Å². The number of carbonyl (C=O) groups is 2. The van der Waals surface area contributed by atoms with E-state index >= 15 is 0 Å². The molecule has 4 rings (SSSR count). The van der Waals surface area contributed by atoms with Crippen LogP contribution in [0, 0.1) is 0 Å². The van der Waals surface area contributed by atoms with E-state index in [2.05, 4.69) is 5.32 Å². The molecule has 7 heteroatoms. The molecule has 1 amide bonds. The van der Waals surface area contributed by atoms with Crippen LogP contribution in [0.1, 0.15) is 17.3 Å². The first-order chi connectivity index (χ1) is 14.5. The number of methoxy groups -OCH3 is 1. The third kappa shape index (κ3) is 3.53. The maximum Gasteiger partial charge on any atom is 0.342 e. The predicted molar refractivity (Wildman–Crippen MR) is 112 cm³/mol. The average molecular weight is 405 g/mol.